The molecule has 1 atom stereocenters. The first kappa shape index (κ1) is 17.0. The highest BCUT2D eigenvalue weighted by Crippen LogP contribution is 2.22. The fraction of sp³-hybridized carbons (Fsp3) is 0.389. The van der Waals surface area contributed by atoms with Gasteiger partial charge in [0.25, 0.3) is 0 Å². The molecule has 1 saturated heterocycles. The summed E-state index contributed by atoms with van der Waals surface area (Å²) in [6.45, 7) is 5.74. The van der Waals surface area contributed by atoms with Gasteiger partial charge in [-0.2, -0.15) is 0 Å². The van der Waals surface area contributed by atoms with Crippen molar-refractivity contribution in [1.29, 1.82) is 0 Å². The van der Waals surface area contributed by atoms with Crippen LogP contribution in [-0.4, -0.2) is 44.5 Å². The lowest BCUT2D eigenvalue weighted by molar-refractivity contribution is -0.906. The number of ether oxygens (including phenoxy) is 1. The maximum Gasteiger partial charge on any atom is 0.167 e. The number of thiocarbonyl (C=S) groups is 1. The normalized spacial score (nSPS) is 16.5. The summed E-state index contributed by atoms with van der Waals surface area (Å²) in [5.41, 5.74) is 1.12. The van der Waals surface area contributed by atoms with Crippen LogP contribution in [-0.2, 0) is 4.74 Å². The van der Waals surface area contributed by atoms with Gasteiger partial charge < -0.3 is 24.7 Å². The number of furan rings is 1. The smallest absolute Gasteiger partial charge is 0.167 e. The molecule has 6 heteroatoms. The quantitative estimate of drug-likeness (QED) is 0.674. The van der Waals surface area contributed by atoms with Gasteiger partial charge in [0, 0.05) is 0 Å². The lowest BCUT2D eigenvalue weighted by Gasteiger charge is -2.24. The van der Waals surface area contributed by atoms with Gasteiger partial charge in [0.2, 0.25) is 0 Å². The third-order valence-electron chi connectivity index (χ3n) is 4.20. The fourth-order valence-electron chi connectivity index (χ4n) is 2.86. The summed E-state index contributed by atoms with van der Waals surface area (Å²) in [7, 11) is 0. The van der Waals surface area contributed by atoms with Crippen LogP contribution in [0.2, 0.25) is 0 Å². The van der Waals surface area contributed by atoms with Gasteiger partial charge in [0.15, 0.2) is 5.11 Å². The van der Waals surface area contributed by atoms with Crippen molar-refractivity contribution >= 4 is 17.3 Å². The molecule has 1 aliphatic rings. The number of nitrogens with one attached hydrogen (secondary N) is 3. The highest BCUT2D eigenvalue weighted by Gasteiger charge is 2.18. The maximum atomic E-state index is 5.58. The van der Waals surface area contributed by atoms with Gasteiger partial charge in [-0.1, -0.05) is 30.3 Å². The Labute approximate surface area is 148 Å². The standard InChI is InChI=1S/C18H23N3O2S/c24-18(19-8-9-21-10-13-22-14-11-21)20-17(16-7-4-12-23-16)15-5-2-1-3-6-15/h1-7,12,17H,8-11,13-14H2,(H2,19,20,24)/p+1/t17-/m0/s1. The summed E-state index contributed by atoms with van der Waals surface area (Å²) >= 11 is 5.47. The second kappa shape index (κ2) is 8.82. The Bertz CT molecular complexity index is 612. The maximum absolute atomic E-state index is 5.58. The van der Waals surface area contributed by atoms with Crippen molar-refractivity contribution in [2.45, 2.75) is 6.04 Å². The Balaban J connectivity index is 1.53. The number of quaternary nitrogens is 1. The molecule has 0 aliphatic carbocycles. The van der Waals surface area contributed by atoms with E-state index in [1.807, 2.05) is 30.3 Å². The molecule has 0 saturated carbocycles. The predicted octanol–water partition coefficient (Wildman–Crippen LogP) is 0.748. The van der Waals surface area contributed by atoms with Crippen LogP contribution in [0.5, 0.6) is 0 Å². The fourth-order valence-corrected chi connectivity index (χ4v) is 3.08. The van der Waals surface area contributed by atoms with Crippen LogP contribution in [0.1, 0.15) is 17.4 Å². The van der Waals surface area contributed by atoms with Crippen LogP contribution in [0, 0.1) is 0 Å². The number of morpholine rings is 1. The van der Waals surface area contributed by atoms with E-state index < -0.39 is 0 Å². The van der Waals surface area contributed by atoms with Crippen molar-refractivity contribution in [3.05, 3.63) is 60.1 Å². The Morgan fingerprint density at radius 3 is 2.62 bits per heavy atom. The molecule has 0 radical (unpaired) electrons. The van der Waals surface area contributed by atoms with Crippen LogP contribution < -0.4 is 15.5 Å². The summed E-state index contributed by atoms with van der Waals surface area (Å²) in [6, 6.07) is 14.0. The number of benzene rings is 1. The van der Waals surface area contributed by atoms with Crippen molar-refractivity contribution in [2.24, 2.45) is 0 Å². The van der Waals surface area contributed by atoms with Gasteiger partial charge >= 0.3 is 0 Å². The second-order valence-electron chi connectivity index (χ2n) is 5.87. The molecular formula is C18H24N3O2S+. The SMILES string of the molecule is S=C(NCC[NH+]1CCOCC1)N[C@@H](c1ccccc1)c1ccco1. The first-order chi connectivity index (χ1) is 11.8. The monoisotopic (exact) mass is 346 g/mol. The Hall–Kier alpha value is -1.89. The second-order valence-corrected chi connectivity index (χ2v) is 6.28. The molecule has 2 heterocycles. The van der Waals surface area contributed by atoms with Crippen LogP contribution >= 0.6 is 12.2 Å². The largest absolute Gasteiger partial charge is 0.467 e. The zero-order chi connectivity index (χ0) is 16.6. The molecule has 0 spiro atoms. The molecular weight excluding hydrogens is 322 g/mol. The summed E-state index contributed by atoms with van der Waals surface area (Å²) < 4.78 is 11.0. The van der Waals surface area contributed by atoms with E-state index in [1.54, 1.807) is 11.2 Å². The van der Waals surface area contributed by atoms with Gasteiger partial charge in [0.05, 0.1) is 32.6 Å². The number of hydrogen-bond donors (Lipinski definition) is 3. The number of rotatable bonds is 6. The molecule has 1 aromatic heterocycles. The van der Waals surface area contributed by atoms with E-state index in [0.717, 1.165) is 50.7 Å². The van der Waals surface area contributed by atoms with E-state index in [4.69, 9.17) is 21.4 Å². The molecule has 24 heavy (non-hydrogen) atoms. The third kappa shape index (κ3) is 4.80. The lowest BCUT2D eigenvalue weighted by Crippen LogP contribution is -3.14. The zero-order valence-corrected chi connectivity index (χ0v) is 14.5. The molecule has 3 N–H and O–H groups in total. The van der Waals surface area contributed by atoms with Crippen LogP contribution in [0.15, 0.2) is 53.1 Å². The molecule has 1 aliphatic heterocycles. The molecule has 128 valence electrons. The lowest BCUT2D eigenvalue weighted by atomic mass is 10.1. The Kier molecular flexibility index (Phi) is 6.23. The van der Waals surface area contributed by atoms with Gasteiger partial charge in [-0.15, -0.1) is 0 Å². The Morgan fingerprint density at radius 1 is 1.12 bits per heavy atom. The summed E-state index contributed by atoms with van der Waals surface area (Å²) in [5, 5.41) is 7.32. The van der Waals surface area contributed by atoms with Gasteiger partial charge in [-0.3, -0.25) is 0 Å². The average Bonchev–Trinajstić information content (AvgIpc) is 3.16. The van der Waals surface area contributed by atoms with Crippen molar-refractivity contribution in [2.75, 3.05) is 39.4 Å². The first-order valence-electron chi connectivity index (χ1n) is 8.37. The van der Waals surface area contributed by atoms with E-state index in [2.05, 4.69) is 22.8 Å². The van der Waals surface area contributed by atoms with Crippen molar-refractivity contribution in [1.82, 2.24) is 10.6 Å². The molecule has 0 unspecified atom stereocenters. The van der Waals surface area contributed by atoms with Gasteiger partial charge in [-0.25, -0.2) is 0 Å². The van der Waals surface area contributed by atoms with Crippen molar-refractivity contribution < 1.29 is 14.1 Å². The van der Waals surface area contributed by atoms with Crippen molar-refractivity contribution in [3.63, 3.8) is 0 Å². The summed E-state index contributed by atoms with van der Waals surface area (Å²) in [4.78, 5) is 1.56. The molecule has 3 rings (SSSR count). The topological polar surface area (TPSA) is 50.9 Å². The minimum Gasteiger partial charge on any atom is -0.467 e. The summed E-state index contributed by atoms with van der Waals surface area (Å²) in [5.74, 6) is 0.851. The molecule has 1 aromatic carbocycles. The van der Waals surface area contributed by atoms with Crippen LogP contribution in [0.3, 0.4) is 0 Å². The van der Waals surface area contributed by atoms with E-state index in [9.17, 15) is 0 Å². The predicted molar refractivity (Wildman–Crippen MR) is 97.1 cm³/mol. The molecule has 0 amide bonds. The molecule has 1 fully saturated rings. The first-order valence-corrected chi connectivity index (χ1v) is 8.78. The molecule has 2 aromatic rings. The Morgan fingerprint density at radius 2 is 1.92 bits per heavy atom. The highest BCUT2D eigenvalue weighted by molar-refractivity contribution is 7.80. The summed E-state index contributed by atoms with van der Waals surface area (Å²) in [6.07, 6.45) is 1.69. The van der Waals surface area contributed by atoms with Crippen LogP contribution in [0.4, 0.5) is 0 Å². The number of hydrogen-bond acceptors (Lipinski definition) is 3. The van der Waals surface area contributed by atoms with E-state index in [-0.39, 0.29) is 6.04 Å². The van der Waals surface area contributed by atoms with Gasteiger partial charge in [0.1, 0.15) is 24.9 Å². The van der Waals surface area contributed by atoms with Crippen molar-refractivity contribution in [3.8, 4) is 0 Å². The van der Waals surface area contributed by atoms with E-state index in [0.29, 0.717) is 5.11 Å². The van der Waals surface area contributed by atoms with E-state index in [1.165, 1.54) is 0 Å². The third-order valence-corrected chi connectivity index (χ3v) is 4.46. The van der Waals surface area contributed by atoms with Gasteiger partial charge in [-0.05, 0) is 29.9 Å². The average molecular weight is 346 g/mol. The minimum absolute atomic E-state index is 0.0862. The molecule has 0 bridgehead atoms. The highest BCUT2D eigenvalue weighted by atomic mass is 32.1. The minimum atomic E-state index is -0.0862. The molecule has 5 nitrogen and oxygen atoms in total. The van der Waals surface area contributed by atoms with Crippen LogP contribution in [0.25, 0.3) is 0 Å². The van der Waals surface area contributed by atoms with E-state index >= 15 is 0 Å². The zero-order valence-electron chi connectivity index (χ0n) is 13.7.